The average molecular weight is 352 g/mol. The fourth-order valence-electron chi connectivity index (χ4n) is 2.90. The molecule has 2 aromatic rings. The Balaban J connectivity index is 2.01. The number of hydrogen-bond acceptors (Lipinski definition) is 4. The fraction of sp³-hybridized carbons (Fsp3) is 0.400. The van der Waals surface area contributed by atoms with Crippen molar-refractivity contribution in [2.24, 2.45) is 0 Å². The van der Waals surface area contributed by atoms with Crippen molar-refractivity contribution in [1.29, 1.82) is 0 Å². The van der Waals surface area contributed by atoms with Crippen molar-refractivity contribution in [2.45, 2.75) is 30.6 Å². The Bertz CT molecular complexity index is 627. The summed E-state index contributed by atoms with van der Waals surface area (Å²) >= 11 is 5.47. The van der Waals surface area contributed by atoms with E-state index in [2.05, 4.69) is 38.6 Å². The first kappa shape index (κ1) is 14.0. The van der Waals surface area contributed by atoms with E-state index in [1.54, 1.807) is 6.20 Å². The molecule has 5 heteroatoms. The van der Waals surface area contributed by atoms with Gasteiger partial charge in [0.2, 0.25) is 0 Å². The van der Waals surface area contributed by atoms with Gasteiger partial charge in [0.1, 0.15) is 0 Å². The van der Waals surface area contributed by atoms with Crippen LogP contribution in [-0.2, 0) is 0 Å². The number of pyridine rings is 1. The lowest BCUT2D eigenvalue weighted by Crippen LogP contribution is -2.26. The fourth-order valence-corrected chi connectivity index (χ4v) is 4.20. The molecule has 0 bridgehead atoms. The Labute approximate surface area is 131 Å². The molecule has 1 heterocycles. The predicted molar refractivity (Wildman–Crippen MR) is 92.4 cm³/mol. The van der Waals surface area contributed by atoms with Crippen molar-refractivity contribution in [1.82, 2.24) is 4.98 Å². The standard InChI is InChI=1S/C15H18BrN3S/c1-20-14-4-2-3-13(14)19-15-10-7-9(16)5-6-12(10)18-8-11(15)17/h5-8,13-14H,2-4,17H2,1H3,(H,18,19). The van der Waals surface area contributed by atoms with Gasteiger partial charge in [0.05, 0.1) is 23.1 Å². The Hall–Kier alpha value is -0.940. The molecule has 0 aliphatic heterocycles. The van der Waals surface area contributed by atoms with Crippen LogP contribution >= 0.6 is 27.7 Å². The van der Waals surface area contributed by atoms with Crippen molar-refractivity contribution >= 4 is 50.0 Å². The minimum Gasteiger partial charge on any atom is -0.396 e. The lowest BCUT2D eigenvalue weighted by Gasteiger charge is -2.22. The second kappa shape index (κ2) is 5.82. The summed E-state index contributed by atoms with van der Waals surface area (Å²) in [7, 11) is 0. The summed E-state index contributed by atoms with van der Waals surface area (Å²) in [6.45, 7) is 0. The topological polar surface area (TPSA) is 50.9 Å². The molecule has 3 N–H and O–H groups in total. The van der Waals surface area contributed by atoms with Crippen LogP contribution < -0.4 is 11.1 Å². The molecule has 0 spiro atoms. The summed E-state index contributed by atoms with van der Waals surface area (Å²) < 4.78 is 1.05. The van der Waals surface area contributed by atoms with Crippen LogP contribution in [0.1, 0.15) is 19.3 Å². The van der Waals surface area contributed by atoms with E-state index in [4.69, 9.17) is 5.73 Å². The number of thioether (sulfide) groups is 1. The van der Waals surface area contributed by atoms with Gasteiger partial charge >= 0.3 is 0 Å². The molecular formula is C15H18BrN3S. The monoisotopic (exact) mass is 351 g/mol. The molecule has 0 radical (unpaired) electrons. The van der Waals surface area contributed by atoms with Gasteiger partial charge in [0, 0.05) is 21.2 Å². The molecular weight excluding hydrogens is 334 g/mol. The SMILES string of the molecule is CSC1CCCC1Nc1c(N)cnc2ccc(Br)cc12. The molecule has 1 aromatic carbocycles. The van der Waals surface area contributed by atoms with Crippen molar-refractivity contribution in [3.8, 4) is 0 Å². The minimum atomic E-state index is 0.497. The summed E-state index contributed by atoms with van der Waals surface area (Å²) in [4.78, 5) is 4.41. The maximum absolute atomic E-state index is 6.15. The van der Waals surface area contributed by atoms with Crippen molar-refractivity contribution in [3.05, 3.63) is 28.9 Å². The molecule has 106 valence electrons. The van der Waals surface area contributed by atoms with Crippen LogP contribution in [0.5, 0.6) is 0 Å². The zero-order valence-electron chi connectivity index (χ0n) is 11.4. The zero-order valence-corrected chi connectivity index (χ0v) is 13.8. The highest BCUT2D eigenvalue weighted by molar-refractivity contribution is 9.10. The highest BCUT2D eigenvalue weighted by Gasteiger charge is 2.27. The van der Waals surface area contributed by atoms with Gasteiger partial charge in [-0.3, -0.25) is 4.98 Å². The summed E-state index contributed by atoms with van der Waals surface area (Å²) in [6, 6.07) is 6.61. The molecule has 3 rings (SSSR count). The van der Waals surface area contributed by atoms with E-state index in [-0.39, 0.29) is 0 Å². The summed E-state index contributed by atoms with van der Waals surface area (Å²) in [5.41, 5.74) is 8.88. The van der Waals surface area contributed by atoms with Crippen LogP contribution in [0.4, 0.5) is 11.4 Å². The van der Waals surface area contributed by atoms with Gasteiger partial charge in [-0.15, -0.1) is 0 Å². The average Bonchev–Trinajstić information content (AvgIpc) is 2.89. The van der Waals surface area contributed by atoms with Gasteiger partial charge in [0.25, 0.3) is 0 Å². The number of anilines is 2. The smallest absolute Gasteiger partial charge is 0.0743 e. The van der Waals surface area contributed by atoms with E-state index >= 15 is 0 Å². The summed E-state index contributed by atoms with van der Waals surface area (Å²) in [5.74, 6) is 0. The highest BCUT2D eigenvalue weighted by atomic mass is 79.9. The number of nitrogens with one attached hydrogen (secondary N) is 1. The number of nitrogens with two attached hydrogens (primary N) is 1. The van der Waals surface area contributed by atoms with Gasteiger partial charge in [-0.05, 0) is 37.3 Å². The number of nitrogens with zero attached hydrogens (tertiary/aromatic N) is 1. The molecule has 1 saturated carbocycles. The van der Waals surface area contributed by atoms with Crippen molar-refractivity contribution in [2.75, 3.05) is 17.3 Å². The summed E-state index contributed by atoms with van der Waals surface area (Å²) in [6.07, 6.45) is 7.72. The van der Waals surface area contributed by atoms with E-state index in [9.17, 15) is 0 Å². The quantitative estimate of drug-likeness (QED) is 0.866. The second-order valence-corrected chi connectivity index (χ2v) is 7.20. The molecule has 3 nitrogen and oxygen atoms in total. The van der Waals surface area contributed by atoms with Crippen LogP contribution in [-0.4, -0.2) is 22.5 Å². The molecule has 1 aliphatic rings. The predicted octanol–water partition coefficient (Wildman–Crippen LogP) is 4.28. The first-order valence-electron chi connectivity index (χ1n) is 6.82. The molecule has 1 aromatic heterocycles. The first-order valence-corrected chi connectivity index (χ1v) is 8.90. The number of aromatic nitrogens is 1. The summed E-state index contributed by atoms with van der Waals surface area (Å²) in [5, 5.41) is 5.43. The Kier molecular flexibility index (Phi) is 4.08. The largest absolute Gasteiger partial charge is 0.396 e. The minimum absolute atomic E-state index is 0.497. The molecule has 1 fully saturated rings. The Morgan fingerprint density at radius 2 is 2.25 bits per heavy atom. The maximum Gasteiger partial charge on any atom is 0.0743 e. The van der Waals surface area contributed by atoms with E-state index in [0.717, 1.165) is 26.8 Å². The zero-order chi connectivity index (χ0) is 14.1. The van der Waals surface area contributed by atoms with Crippen LogP contribution in [0.2, 0.25) is 0 Å². The van der Waals surface area contributed by atoms with Gasteiger partial charge in [0.15, 0.2) is 0 Å². The van der Waals surface area contributed by atoms with E-state index < -0.39 is 0 Å². The molecule has 0 amide bonds. The molecule has 2 unspecified atom stereocenters. The van der Waals surface area contributed by atoms with Gasteiger partial charge in [-0.1, -0.05) is 22.4 Å². The van der Waals surface area contributed by atoms with Crippen LogP contribution in [0, 0.1) is 0 Å². The normalized spacial score (nSPS) is 22.3. The Morgan fingerprint density at radius 3 is 3.05 bits per heavy atom. The van der Waals surface area contributed by atoms with Crippen LogP contribution in [0.3, 0.4) is 0 Å². The third kappa shape index (κ3) is 2.61. The first-order chi connectivity index (χ1) is 9.69. The lowest BCUT2D eigenvalue weighted by atomic mass is 10.1. The van der Waals surface area contributed by atoms with Gasteiger partial charge < -0.3 is 11.1 Å². The van der Waals surface area contributed by atoms with Crippen LogP contribution in [0.25, 0.3) is 10.9 Å². The number of benzene rings is 1. The molecule has 20 heavy (non-hydrogen) atoms. The van der Waals surface area contributed by atoms with E-state index in [0.29, 0.717) is 11.3 Å². The van der Waals surface area contributed by atoms with E-state index in [1.807, 2.05) is 23.9 Å². The third-order valence-corrected chi connectivity index (χ3v) is 5.61. The molecule has 1 aliphatic carbocycles. The van der Waals surface area contributed by atoms with Gasteiger partial charge in [-0.2, -0.15) is 11.8 Å². The number of hydrogen-bond donors (Lipinski definition) is 2. The molecule has 2 atom stereocenters. The van der Waals surface area contributed by atoms with Crippen LogP contribution in [0.15, 0.2) is 28.9 Å². The third-order valence-electron chi connectivity index (χ3n) is 3.94. The lowest BCUT2D eigenvalue weighted by molar-refractivity contribution is 0.770. The van der Waals surface area contributed by atoms with E-state index in [1.165, 1.54) is 19.3 Å². The number of halogens is 1. The maximum atomic E-state index is 6.15. The Morgan fingerprint density at radius 1 is 1.40 bits per heavy atom. The van der Waals surface area contributed by atoms with Crippen molar-refractivity contribution in [3.63, 3.8) is 0 Å². The molecule has 0 saturated heterocycles. The van der Waals surface area contributed by atoms with Gasteiger partial charge in [-0.25, -0.2) is 0 Å². The van der Waals surface area contributed by atoms with Crippen molar-refractivity contribution < 1.29 is 0 Å². The number of fused-ring (bicyclic) bond motifs is 1. The number of rotatable bonds is 3. The second-order valence-electron chi connectivity index (χ2n) is 5.21. The number of nitrogen functional groups attached to an aromatic ring is 1. The highest BCUT2D eigenvalue weighted by Crippen LogP contribution is 2.35.